The van der Waals surface area contributed by atoms with Crippen molar-refractivity contribution in [2.24, 2.45) is 12.8 Å². The third-order valence-corrected chi connectivity index (χ3v) is 3.04. The van der Waals surface area contributed by atoms with Crippen LogP contribution in [0.2, 0.25) is 0 Å². The smallest absolute Gasteiger partial charge is 0.0522 e. The molecular weight excluding hydrogens is 210 g/mol. The minimum atomic E-state index is 0.0415. The van der Waals surface area contributed by atoms with Crippen LogP contribution in [-0.4, -0.2) is 9.78 Å². The van der Waals surface area contributed by atoms with Crippen LogP contribution in [0.1, 0.15) is 28.3 Å². The number of aromatic nitrogens is 2. The lowest BCUT2D eigenvalue weighted by Gasteiger charge is -2.14. The maximum absolute atomic E-state index is 6.25. The molecule has 0 aliphatic carbocycles. The highest BCUT2D eigenvalue weighted by molar-refractivity contribution is 5.33. The lowest BCUT2D eigenvalue weighted by Crippen LogP contribution is -2.14. The molecule has 0 amide bonds. The Morgan fingerprint density at radius 2 is 2.12 bits per heavy atom. The number of rotatable bonds is 3. The fourth-order valence-corrected chi connectivity index (χ4v) is 2.18. The van der Waals surface area contributed by atoms with Crippen LogP contribution >= 0.6 is 0 Å². The second kappa shape index (κ2) is 4.72. The molecule has 2 aromatic rings. The fraction of sp³-hybridized carbons (Fsp3) is 0.357. The molecule has 0 bridgehead atoms. The molecule has 2 rings (SSSR count). The highest BCUT2D eigenvalue weighted by atomic mass is 15.2. The normalized spacial score (nSPS) is 12.7. The van der Waals surface area contributed by atoms with E-state index >= 15 is 0 Å². The van der Waals surface area contributed by atoms with Crippen molar-refractivity contribution in [3.8, 4) is 0 Å². The Bertz CT molecular complexity index is 514. The zero-order chi connectivity index (χ0) is 12.4. The Balaban J connectivity index is 2.17. The number of hydrogen-bond acceptors (Lipinski definition) is 2. The molecule has 3 heteroatoms. The SMILES string of the molecule is Cc1ccc(C(N)Cc2cnn(C)c2)c(C)c1. The van der Waals surface area contributed by atoms with Crippen molar-refractivity contribution in [3.63, 3.8) is 0 Å². The molecule has 2 N–H and O–H groups in total. The van der Waals surface area contributed by atoms with Crippen molar-refractivity contribution in [3.05, 3.63) is 52.8 Å². The van der Waals surface area contributed by atoms with E-state index in [1.807, 2.05) is 24.1 Å². The molecule has 0 aliphatic heterocycles. The molecule has 0 fully saturated rings. The lowest BCUT2D eigenvalue weighted by atomic mass is 9.96. The van der Waals surface area contributed by atoms with Crippen LogP contribution in [0, 0.1) is 13.8 Å². The number of aryl methyl sites for hydroxylation is 3. The van der Waals surface area contributed by atoms with E-state index in [0.717, 1.165) is 6.42 Å². The molecule has 1 aromatic carbocycles. The lowest BCUT2D eigenvalue weighted by molar-refractivity contribution is 0.714. The third kappa shape index (κ3) is 2.74. The van der Waals surface area contributed by atoms with Gasteiger partial charge in [-0.05, 0) is 37.0 Å². The van der Waals surface area contributed by atoms with E-state index in [9.17, 15) is 0 Å². The monoisotopic (exact) mass is 229 g/mol. The van der Waals surface area contributed by atoms with E-state index in [2.05, 4.69) is 37.1 Å². The first-order valence-electron chi connectivity index (χ1n) is 5.86. The highest BCUT2D eigenvalue weighted by Gasteiger charge is 2.10. The van der Waals surface area contributed by atoms with Gasteiger partial charge >= 0.3 is 0 Å². The Labute approximate surface area is 102 Å². The molecule has 0 spiro atoms. The third-order valence-electron chi connectivity index (χ3n) is 3.04. The van der Waals surface area contributed by atoms with Crippen molar-refractivity contribution in [1.29, 1.82) is 0 Å². The maximum atomic E-state index is 6.25. The van der Waals surface area contributed by atoms with Crippen LogP contribution in [0.4, 0.5) is 0 Å². The highest BCUT2D eigenvalue weighted by Crippen LogP contribution is 2.20. The van der Waals surface area contributed by atoms with Crippen LogP contribution < -0.4 is 5.73 Å². The molecule has 1 unspecified atom stereocenters. The zero-order valence-corrected chi connectivity index (χ0v) is 10.6. The molecular formula is C14H19N3. The molecule has 1 heterocycles. The predicted octanol–water partition coefficient (Wildman–Crippen LogP) is 2.28. The summed E-state index contributed by atoms with van der Waals surface area (Å²) in [5.41, 5.74) is 11.2. The summed E-state index contributed by atoms with van der Waals surface area (Å²) < 4.78 is 1.81. The standard InChI is InChI=1S/C14H19N3/c1-10-4-5-13(11(2)6-10)14(15)7-12-8-16-17(3)9-12/h4-6,8-9,14H,7,15H2,1-3H3. The van der Waals surface area contributed by atoms with Crippen molar-refractivity contribution >= 4 is 0 Å². The molecule has 0 saturated heterocycles. The van der Waals surface area contributed by atoms with Gasteiger partial charge < -0.3 is 5.73 Å². The van der Waals surface area contributed by atoms with E-state index in [-0.39, 0.29) is 6.04 Å². The predicted molar refractivity (Wildman–Crippen MR) is 69.8 cm³/mol. The van der Waals surface area contributed by atoms with Crippen molar-refractivity contribution in [2.75, 3.05) is 0 Å². The zero-order valence-electron chi connectivity index (χ0n) is 10.6. The average molecular weight is 229 g/mol. The van der Waals surface area contributed by atoms with Gasteiger partial charge in [-0.1, -0.05) is 23.8 Å². The summed E-state index contributed by atoms with van der Waals surface area (Å²) in [7, 11) is 1.92. The quantitative estimate of drug-likeness (QED) is 0.877. The summed E-state index contributed by atoms with van der Waals surface area (Å²) in [5, 5.41) is 4.16. The van der Waals surface area contributed by atoms with E-state index < -0.39 is 0 Å². The average Bonchev–Trinajstić information content (AvgIpc) is 2.63. The second-order valence-electron chi connectivity index (χ2n) is 4.69. The fourth-order valence-electron chi connectivity index (χ4n) is 2.18. The maximum Gasteiger partial charge on any atom is 0.0522 e. The summed E-state index contributed by atoms with van der Waals surface area (Å²) in [6.07, 6.45) is 4.73. The van der Waals surface area contributed by atoms with E-state index in [1.54, 1.807) is 0 Å². The van der Waals surface area contributed by atoms with Crippen LogP contribution in [0.5, 0.6) is 0 Å². The van der Waals surface area contributed by atoms with Gasteiger partial charge in [0.05, 0.1) is 6.20 Å². The molecule has 17 heavy (non-hydrogen) atoms. The van der Waals surface area contributed by atoms with Crippen molar-refractivity contribution in [1.82, 2.24) is 9.78 Å². The Morgan fingerprint density at radius 3 is 2.71 bits per heavy atom. The first kappa shape index (κ1) is 11.9. The van der Waals surface area contributed by atoms with Gasteiger partial charge in [-0.25, -0.2) is 0 Å². The second-order valence-corrected chi connectivity index (χ2v) is 4.69. The van der Waals surface area contributed by atoms with Crippen LogP contribution in [0.25, 0.3) is 0 Å². The largest absolute Gasteiger partial charge is 0.324 e. The number of nitrogens with zero attached hydrogens (tertiary/aromatic N) is 2. The first-order valence-corrected chi connectivity index (χ1v) is 5.86. The van der Waals surface area contributed by atoms with E-state index in [1.165, 1.54) is 22.3 Å². The minimum absolute atomic E-state index is 0.0415. The van der Waals surface area contributed by atoms with Gasteiger partial charge in [-0.3, -0.25) is 4.68 Å². The van der Waals surface area contributed by atoms with Gasteiger partial charge in [-0.2, -0.15) is 5.10 Å². The summed E-state index contributed by atoms with van der Waals surface area (Å²) in [5.74, 6) is 0. The molecule has 0 aliphatic rings. The van der Waals surface area contributed by atoms with Gasteiger partial charge in [0, 0.05) is 19.3 Å². The molecule has 3 nitrogen and oxygen atoms in total. The molecule has 1 aromatic heterocycles. The first-order chi connectivity index (χ1) is 8.06. The van der Waals surface area contributed by atoms with Crippen LogP contribution in [0.3, 0.4) is 0 Å². The van der Waals surface area contributed by atoms with Gasteiger partial charge in [0.2, 0.25) is 0 Å². The number of nitrogens with two attached hydrogens (primary N) is 1. The molecule has 1 atom stereocenters. The Kier molecular flexibility index (Phi) is 3.29. The summed E-state index contributed by atoms with van der Waals surface area (Å²) in [6, 6.07) is 6.47. The molecule has 0 saturated carbocycles. The summed E-state index contributed by atoms with van der Waals surface area (Å²) in [4.78, 5) is 0. The molecule has 0 radical (unpaired) electrons. The number of hydrogen-bond donors (Lipinski definition) is 1. The van der Waals surface area contributed by atoms with Crippen LogP contribution in [0.15, 0.2) is 30.6 Å². The Morgan fingerprint density at radius 1 is 1.35 bits per heavy atom. The van der Waals surface area contributed by atoms with Crippen molar-refractivity contribution in [2.45, 2.75) is 26.3 Å². The summed E-state index contributed by atoms with van der Waals surface area (Å²) in [6.45, 7) is 4.22. The van der Waals surface area contributed by atoms with E-state index in [0.29, 0.717) is 0 Å². The Hall–Kier alpha value is -1.61. The van der Waals surface area contributed by atoms with E-state index in [4.69, 9.17) is 5.73 Å². The van der Waals surface area contributed by atoms with Crippen LogP contribution in [-0.2, 0) is 13.5 Å². The van der Waals surface area contributed by atoms with Gasteiger partial charge in [0.15, 0.2) is 0 Å². The number of benzene rings is 1. The van der Waals surface area contributed by atoms with Gasteiger partial charge in [-0.15, -0.1) is 0 Å². The minimum Gasteiger partial charge on any atom is -0.324 e. The topological polar surface area (TPSA) is 43.8 Å². The van der Waals surface area contributed by atoms with Gasteiger partial charge in [0.25, 0.3) is 0 Å². The summed E-state index contributed by atoms with van der Waals surface area (Å²) >= 11 is 0. The molecule has 90 valence electrons. The van der Waals surface area contributed by atoms with Crippen molar-refractivity contribution < 1.29 is 0 Å². The van der Waals surface area contributed by atoms with Gasteiger partial charge in [0.1, 0.15) is 0 Å².